The number of nitrogens with zero attached hydrogens (tertiary/aromatic N) is 2. The molecule has 1 atom stereocenters. The van der Waals surface area contributed by atoms with Crippen LogP contribution in [0.4, 0.5) is 0 Å². The average Bonchev–Trinajstić information content (AvgIpc) is 2.20. The Morgan fingerprint density at radius 1 is 1.35 bits per heavy atom. The van der Waals surface area contributed by atoms with Gasteiger partial charge < -0.3 is 4.90 Å². The Hall–Kier alpha value is -0.590. The second-order valence-electron chi connectivity index (χ2n) is 6.68. The van der Waals surface area contributed by atoms with E-state index in [9.17, 15) is 5.26 Å². The molecule has 0 aromatic carbocycles. The Balaban J connectivity index is 2.51. The summed E-state index contributed by atoms with van der Waals surface area (Å²) in [4.78, 5) is 2.42. The summed E-state index contributed by atoms with van der Waals surface area (Å²) < 4.78 is 0. The summed E-state index contributed by atoms with van der Waals surface area (Å²) in [7, 11) is 0. The maximum absolute atomic E-state index is 9.33. The minimum absolute atomic E-state index is 0.348. The highest BCUT2D eigenvalue weighted by molar-refractivity contribution is 5.06. The third kappa shape index (κ3) is 4.65. The summed E-state index contributed by atoms with van der Waals surface area (Å²) in [5.74, 6) is 0. The van der Waals surface area contributed by atoms with Crippen molar-refractivity contribution < 1.29 is 0 Å². The SMILES string of the molecule is CC(C)NC(C)(C#N)CN1CCC(C)(C)CC1. The van der Waals surface area contributed by atoms with Gasteiger partial charge >= 0.3 is 0 Å². The van der Waals surface area contributed by atoms with Gasteiger partial charge in [-0.1, -0.05) is 13.8 Å². The second kappa shape index (κ2) is 5.37. The number of hydrogen-bond acceptors (Lipinski definition) is 3. The van der Waals surface area contributed by atoms with E-state index >= 15 is 0 Å². The van der Waals surface area contributed by atoms with E-state index in [0.717, 1.165) is 19.6 Å². The van der Waals surface area contributed by atoms with Crippen molar-refractivity contribution in [3.8, 4) is 6.07 Å². The van der Waals surface area contributed by atoms with Crippen molar-refractivity contribution in [2.24, 2.45) is 5.41 Å². The smallest absolute Gasteiger partial charge is 0.116 e. The third-order valence-electron chi connectivity index (χ3n) is 3.60. The number of rotatable bonds is 4. The standard InChI is InChI=1S/C14H27N3/c1-12(2)16-14(5,10-15)11-17-8-6-13(3,4)7-9-17/h12,16H,6-9,11H2,1-5H3. The predicted molar refractivity (Wildman–Crippen MR) is 71.7 cm³/mol. The number of nitrogens with one attached hydrogen (secondary N) is 1. The molecule has 0 radical (unpaired) electrons. The van der Waals surface area contributed by atoms with Gasteiger partial charge in [0.25, 0.3) is 0 Å². The first-order valence-corrected chi connectivity index (χ1v) is 6.68. The molecule has 3 nitrogen and oxygen atoms in total. The van der Waals surface area contributed by atoms with Crippen molar-refractivity contribution in [1.82, 2.24) is 10.2 Å². The normalized spacial score (nSPS) is 24.3. The summed E-state index contributed by atoms with van der Waals surface area (Å²) >= 11 is 0. The van der Waals surface area contributed by atoms with E-state index in [0.29, 0.717) is 11.5 Å². The maximum Gasteiger partial charge on any atom is 0.116 e. The number of likely N-dealkylation sites (tertiary alicyclic amines) is 1. The van der Waals surface area contributed by atoms with Crippen LogP contribution in [0, 0.1) is 16.7 Å². The highest BCUT2D eigenvalue weighted by Gasteiger charge is 2.31. The first-order valence-electron chi connectivity index (χ1n) is 6.68. The van der Waals surface area contributed by atoms with Crippen LogP contribution in [-0.4, -0.2) is 36.1 Å². The highest BCUT2D eigenvalue weighted by Crippen LogP contribution is 2.30. The van der Waals surface area contributed by atoms with Crippen molar-refractivity contribution >= 4 is 0 Å². The van der Waals surface area contributed by atoms with E-state index in [4.69, 9.17) is 0 Å². The minimum atomic E-state index is -0.421. The van der Waals surface area contributed by atoms with Gasteiger partial charge in [0, 0.05) is 12.6 Å². The maximum atomic E-state index is 9.33. The van der Waals surface area contributed by atoms with Gasteiger partial charge in [-0.15, -0.1) is 0 Å². The molecule has 0 aromatic rings. The molecule has 0 aliphatic carbocycles. The Kier molecular flexibility index (Phi) is 4.57. The third-order valence-corrected chi connectivity index (χ3v) is 3.60. The molecule has 0 aromatic heterocycles. The van der Waals surface area contributed by atoms with Crippen LogP contribution in [0.3, 0.4) is 0 Å². The van der Waals surface area contributed by atoms with E-state index in [1.165, 1.54) is 12.8 Å². The van der Waals surface area contributed by atoms with Crippen LogP contribution in [0.1, 0.15) is 47.5 Å². The van der Waals surface area contributed by atoms with Crippen LogP contribution >= 0.6 is 0 Å². The van der Waals surface area contributed by atoms with E-state index in [2.05, 4.69) is 44.0 Å². The van der Waals surface area contributed by atoms with Gasteiger partial charge in [0.05, 0.1) is 6.07 Å². The first kappa shape index (κ1) is 14.5. The fourth-order valence-corrected chi connectivity index (χ4v) is 2.51. The van der Waals surface area contributed by atoms with Gasteiger partial charge in [0.2, 0.25) is 0 Å². The zero-order valence-corrected chi connectivity index (χ0v) is 12.0. The summed E-state index contributed by atoms with van der Waals surface area (Å²) in [5, 5.41) is 12.7. The molecule has 0 amide bonds. The summed E-state index contributed by atoms with van der Waals surface area (Å²) in [6.07, 6.45) is 2.46. The second-order valence-corrected chi connectivity index (χ2v) is 6.68. The van der Waals surface area contributed by atoms with Crippen LogP contribution in [-0.2, 0) is 0 Å². The van der Waals surface area contributed by atoms with Crippen LogP contribution in [0.25, 0.3) is 0 Å². The van der Waals surface area contributed by atoms with Crippen molar-refractivity contribution in [2.75, 3.05) is 19.6 Å². The summed E-state index contributed by atoms with van der Waals surface area (Å²) in [5.41, 5.74) is 0.0562. The average molecular weight is 237 g/mol. The number of hydrogen-bond donors (Lipinski definition) is 1. The van der Waals surface area contributed by atoms with Crippen molar-refractivity contribution in [1.29, 1.82) is 5.26 Å². The summed E-state index contributed by atoms with van der Waals surface area (Å²) in [6.45, 7) is 13.9. The molecule has 1 fully saturated rings. The molecule has 1 rings (SSSR count). The van der Waals surface area contributed by atoms with Crippen LogP contribution in [0.15, 0.2) is 0 Å². The monoisotopic (exact) mass is 237 g/mol. The van der Waals surface area contributed by atoms with Crippen LogP contribution < -0.4 is 5.32 Å². The Bertz CT molecular complexity index is 280. The lowest BCUT2D eigenvalue weighted by Crippen LogP contribution is -2.54. The largest absolute Gasteiger partial charge is 0.300 e. The van der Waals surface area contributed by atoms with E-state index < -0.39 is 5.54 Å². The van der Waals surface area contributed by atoms with Gasteiger partial charge in [-0.25, -0.2) is 0 Å². The number of nitriles is 1. The van der Waals surface area contributed by atoms with E-state index in [1.54, 1.807) is 0 Å². The molecule has 0 spiro atoms. The van der Waals surface area contributed by atoms with E-state index in [1.807, 2.05) is 6.92 Å². The zero-order valence-electron chi connectivity index (χ0n) is 12.0. The first-order chi connectivity index (χ1) is 7.76. The van der Waals surface area contributed by atoms with Crippen LogP contribution in [0.5, 0.6) is 0 Å². The summed E-state index contributed by atoms with van der Waals surface area (Å²) in [6, 6.07) is 2.77. The van der Waals surface area contributed by atoms with Crippen LogP contribution in [0.2, 0.25) is 0 Å². The minimum Gasteiger partial charge on any atom is -0.300 e. The van der Waals surface area contributed by atoms with Crippen molar-refractivity contribution in [3.63, 3.8) is 0 Å². The molecule has 0 saturated carbocycles. The Labute approximate surface area is 106 Å². The van der Waals surface area contributed by atoms with E-state index in [-0.39, 0.29) is 0 Å². The Morgan fingerprint density at radius 2 is 1.88 bits per heavy atom. The van der Waals surface area contributed by atoms with Gasteiger partial charge in [0.15, 0.2) is 0 Å². The van der Waals surface area contributed by atoms with Gasteiger partial charge in [-0.05, 0) is 52.1 Å². The van der Waals surface area contributed by atoms with Gasteiger partial charge in [0.1, 0.15) is 5.54 Å². The molecule has 0 bridgehead atoms. The Morgan fingerprint density at radius 3 is 2.29 bits per heavy atom. The van der Waals surface area contributed by atoms with Crippen molar-refractivity contribution in [3.05, 3.63) is 0 Å². The lowest BCUT2D eigenvalue weighted by atomic mass is 9.82. The lowest BCUT2D eigenvalue weighted by Gasteiger charge is -2.40. The molecule has 1 N–H and O–H groups in total. The molecule has 1 heterocycles. The topological polar surface area (TPSA) is 39.1 Å². The predicted octanol–water partition coefficient (Wildman–Crippen LogP) is 2.39. The van der Waals surface area contributed by atoms with Crippen molar-refractivity contribution in [2.45, 2.75) is 59.0 Å². The molecule has 1 aliphatic heterocycles. The molecule has 3 heteroatoms. The fourth-order valence-electron chi connectivity index (χ4n) is 2.51. The quantitative estimate of drug-likeness (QED) is 0.816. The zero-order chi connectivity index (χ0) is 13.1. The highest BCUT2D eigenvalue weighted by atomic mass is 15.2. The molecule has 17 heavy (non-hydrogen) atoms. The molecule has 98 valence electrons. The molecule has 1 aliphatic rings. The number of piperidine rings is 1. The fraction of sp³-hybridized carbons (Fsp3) is 0.929. The molecular weight excluding hydrogens is 210 g/mol. The molecular formula is C14H27N3. The molecule has 1 saturated heterocycles. The van der Waals surface area contributed by atoms with Gasteiger partial charge in [-0.3, -0.25) is 5.32 Å². The molecule has 1 unspecified atom stereocenters. The van der Waals surface area contributed by atoms with Gasteiger partial charge in [-0.2, -0.15) is 5.26 Å². The lowest BCUT2D eigenvalue weighted by molar-refractivity contribution is 0.112.